The Balaban J connectivity index is 2.56. The molecule has 1 rings (SSSR count). The van der Waals surface area contributed by atoms with Crippen LogP contribution in [0.5, 0.6) is 0 Å². The molecule has 1 aromatic carbocycles. The molecule has 0 aromatic heterocycles. The van der Waals surface area contributed by atoms with Crippen molar-refractivity contribution in [3.8, 4) is 0 Å². The topological polar surface area (TPSA) is 17.1 Å². The van der Waals surface area contributed by atoms with E-state index >= 15 is 0 Å². The highest BCUT2D eigenvalue weighted by Crippen LogP contribution is 2.21. The number of allylic oxidation sites excluding steroid dienone is 1. The lowest BCUT2D eigenvalue weighted by molar-refractivity contribution is 0.569. The normalized spacial score (nSPS) is 10.9. The molecule has 0 heterocycles. The lowest BCUT2D eigenvalue weighted by Gasteiger charge is -2.15. The Hall–Kier alpha value is -1.11. The van der Waals surface area contributed by atoms with Crippen molar-refractivity contribution in [2.75, 3.05) is 0 Å². The predicted molar refractivity (Wildman–Crippen MR) is 72.9 cm³/mol. The van der Waals surface area contributed by atoms with Crippen LogP contribution < -0.4 is 0 Å². The van der Waals surface area contributed by atoms with Crippen LogP contribution in [0.15, 0.2) is 30.3 Å². The summed E-state index contributed by atoms with van der Waals surface area (Å²) in [6.07, 6.45) is 1.97. The lowest BCUT2D eigenvalue weighted by Crippen LogP contribution is -2.18. The molecule has 0 amide bonds. The Kier molecular flexibility index (Phi) is 4.72. The average Bonchev–Trinajstić information content (AvgIpc) is 2.24. The first-order valence-electron chi connectivity index (χ1n) is 5.82. The van der Waals surface area contributed by atoms with Crippen LogP contribution in [0.1, 0.15) is 18.4 Å². The molecule has 0 spiro atoms. The first-order chi connectivity index (χ1) is 7.53. The minimum atomic E-state index is -0.981. The van der Waals surface area contributed by atoms with Crippen LogP contribution in [0, 0.1) is 0 Å². The molecule has 0 radical (unpaired) electrons. The molecule has 0 bridgehead atoms. The van der Waals surface area contributed by atoms with Gasteiger partial charge in [0.2, 0.25) is 0 Å². The van der Waals surface area contributed by atoms with E-state index in [2.05, 4.69) is 25.6 Å². The number of rotatable bonds is 5. The summed E-state index contributed by atoms with van der Waals surface area (Å²) in [6, 6.07) is 11.1. The van der Waals surface area contributed by atoms with Gasteiger partial charge in [-0.15, -0.1) is 0 Å². The summed E-state index contributed by atoms with van der Waals surface area (Å²) in [7, 11) is -0.981. The number of hydrogen-bond donors (Lipinski definition) is 0. The zero-order valence-electron chi connectivity index (χ0n) is 10.4. The maximum Gasteiger partial charge on any atom is 0.128 e. The molecule has 0 aliphatic rings. The summed E-state index contributed by atoms with van der Waals surface area (Å²) in [5.74, 6) is 2.09. The highest BCUT2D eigenvalue weighted by molar-refractivity contribution is 6.76. The Bertz CT molecular complexity index is 369. The summed E-state index contributed by atoms with van der Waals surface area (Å²) >= 11 is 0. The minimum absolute atomic E-state index is 0.818. The fraction of sp³-hybridized carbons (Fsp3) is 0.429. The van der Waals surface area contributed by atoms with E-state index in [0.29, 0.717) is 0 Å². The minimum Gasteiger partial charge on any atom is -0.233 e. The summed E-state index contributed by atoms with van der Waals surface area (Å²) < 4.78 is 0. The molecular formula is C14H20OSi. The van der Waals surface area contributed by atoms with E-state index in [4.69, 9.17) is 0 Å². The quantitative estimate of drug-likeness (QED) is 0.553. The van der Waals surface area contributed by atoms with Crippen LogP contribution in [-0.2, 0) is 4.79 Å². The predicted octanol–water partition coefficient (Wildman–Crippen LogP) is 4.02. The van der Waals surface area contributed by atoms with Crippen LogP contribution in [0.2, 0.25) is 25.7 Å². The second-order valence-electron chi connectivity index (χ2n) is 5.36. The molecule has 0 atom stereocenters. The van der Waals surface area contributed by atoms with Crippen LogP contribution in [0.25, 0.3) is 5.57 Å². The van der Waals surface area contributed by atoms with Crippen LogP contribution in [-0.4, -0.2) is 14.0 Å². The summed E-state index contributed by atoms with van der Waals surface area (Å²) in [5, 5.41) is 0. The van der Waals surface area contributed by atoms with Crippen LogP contribution in [0.3, 0.4) is 0 Å². The summed E-state index contributed by atoms with van der Waals surface area (Å²) in [5.41, 5.74) is 1.84. The summed E-state index contributed by atoms with van der Waals surface area (Å²) in [4.78, 5) is 10.9. The SMILES string of the molecule is C[Si](C)(C)CCCC(=C=O)c1ccccc1. The number of benzene rings is 1. The van der Waals surface area contributed by atoms with E-state index in [1.165, 1.54) is 6.04 Å². The van der Waals surface area contributed by atoms with Crippen molar-refractivity contribution < 1.29 is 4.79 Å². The smallest absolute Gasteiger partial charge is 0.128 e. The van der Waals surface area contributed by atoms with Gasteiger partial charge in [0.25, 0.3) is 0 Å². The first-order valence-corrected chi connectivity index (χ1v) is 9.53. The Morgan fingerprint density at radius 3 is 2.31 bits per heavy atom. The molecule has 1 aromatic rings. The van der Waals surface area contributed by atoms with Gasteiger partial charge in [-0.2, -0.15) is 0 Å². The van der Waals surface area contributed by atoms with Crippen molar-refractivity contribution in [3.63, 3.8) is 0 Å². The third-order valence-corrected chi connectivity index (χ3v) is 4.45. The van der Waals surface area contributed by atoms with Gasteiger partial charge in [-0.1, -0.05) is 62.4 Å². The van der Waals surface area contributed by atoms with Gasteiger partial charge in [0.05, 0.1) is 0 Å². The van der Waals surface area contributed by atoms with E-state index < -0.39 is 8.07 Å². The van der Waals surface area contributed by atoms with Crippen LogP contribution >= 0.6 is 0 Å². The second-order valence-corrected chi connectivity index (χ2v) is 11.0. The third kappa shape index (κ3) is 4.60. The number of hydrogen-bond acceptors (Lipinski definition) is 1. The van der Waals surface area contributed by atoms with E-state index in [1.807, 2.05) is 30.3 Å². The molecule has 0 unspecified atom stereocenters. The molecule has 16 heavy (non-hydrogen) atoms. The van der Waals surface area contributed by atoms with E-state index in [-0.39, 0.29) is 0 Å². The fourth-order valence-corrected chi connectivity index (χ4v) is 2.93. The molecule has 0 saturated carbocycles. The maximum absolute atomic E-state index is 10.9. The largest absolute Gasteiger partial charge is 0.233 e. The summed E-state index contributed by atoms with van der Waals surface area (Å²) in [6.45, 7) is 7.08. The molecule has 2 heteroatoms. The highest BCUT2D eigenvalue weighted by atomic mass is 28.3. The van der Waals surface area contributed by atoms with Gasteiger partial charge < -0.3 is 0 Å². The van der Waals surface area contributed by atoms with Gasteiger partial charge in [0, 0.05) is 13.6 Å². The Morgan fingerprint density at radius 1 is 1.19 bits per heavy atom. The third-order valence-electron chi connectivity index (χ3n) is 2.60. The average molecular weight is 232 g/mol. The van der Waals surface area contributed by atoms with E-state index in [0.717, 1.165) is 24.0 Å². The van der Waals surface area contributed by atoms with Gasteiger partial charge in [-0.05, 0) is 12.0 Å². The van der Waals surface area contributed by atoms with Gasteiger partial charge in [0.15, 0.2) is 0 Å². The zero-order chi connectivity index (χ0) is 12.0. The van der Waals surface area contributed by atoms with Gasteiger partial charge in [-0.3, -0.25) is 0 Å². The van der Waals surface area contributed by atoms with Crippen molar-refractivity contribution in [1.82, 2.24) is 0 Å². The first kappa shape index (κ1) is 13.0. The second kappa shape index (κ2) is 5.83. The number of carbonyl (C=O) groups excluding carboxylic acids is 1. The van der Waals surface area contributed by atoms with Gasteiger partial charge in [0.1, 0.15) is 5.94 Å². The van der Waals surface area contributed by atoms with E-state index in [9.17, 15) is 4.79 Å². The van der Waals surface area contributed by atoms with Crippen molar-refractivity contribution in [2.45, 2.75) is 38.5 Å². The van der Waals surface area contributed by atoms with Crippen molar-refractivity contribution in [2.24, 2.45) is 0 Å². The van der Waals surface area contributed by atoms with Crippen molar-refractivity contribution in [3.05, 3.63) is 35.9 Å². The van der Waals surface area contributed by atoms with Crippen molar-refractivity contribution in [1.29, 1.82) is 0 Å². The molecule has 1 nitrogen and oxygen atoms in total. The fourth-order valence-electron chi connectivity index (χ4n) is 1.69. The van der Waals surface area contributed by atoms with E-state index in [1.54, 1.807) is 0 Å². The highest BCUT2D eigenvalue weighted by Gasteiger charge is 2.13. The zero-order valence-corrected chi connectivity index (χ0v) is 11.4. The Morgan fingerprint density at radius 2 is 1.81 bits per heavy atom. The molecule has 0 aliphatic heterocycles. The molecule has 86 valence electrons. The molecule has 0 saturated heterocycles. The van der Waals surface area contributed by atoms with Gasteiger partial charge in [-0.25, -0.2) is 4.79 Å². The maximum atomic E-state index is 10.9. The lowest BCUT2D eigenvalue weighted by atomic mass is 10.0. The molecule has 0 fully saturated rings. The molecule has 0 N–H and O–H groups in total. The van der Waals surface area contributed by atoms with Crippen LogP contribution in [0.4, 0.5) is 0 Å². The molecular weight excluding hydrogens is 212 g/mol. The molecule has 0 aliphatic carbocycles. The Labute approximate surface area is 99.2 Å². The monoisotopic (exact) mass is 232 g/mol. The van der Waals surface area contributed by atoms with Gasteiger partial charge >= 0.3 is 0 Å². The standard InChI is InChI=1S/C14H20OSi/c1-16(2,3)11-7-10-14(12-15)13-8-5-4-6-9-13/h4-6,8-9H,7,10-11H2,1-3H3. The van der Waals surface area contributed by atoms with Crippen molar-refractivity contribution >= 4 is 19.6 Å².